The first kappa shape index (κ1) is 21.0. The number of primary sulfonamides is 1. The van der Waals surface area contributed by atoms with Gasteiger partial charge in [0.2, 0.25) is 10.0 Å². The first-order valence-electron chi connectivity index (χ1n) is 8.46. The topological polar surface area (TPSA) is 116 Å². The van der Waals surface area contributed by atoms with Gasteiger partial charge in [-0.25, -0.2) is 18.2 Å². The van der Waals surface area contributed by atoms with E-state index in [0.29, 0.717) is 11.3 Å². The second kappa shape index (κ2) is 7.97. The highest BCUT2D eigenvalue weighted by Gasteiger charge is 2.16. The number of nitrogens with zero attached hydrogens (tertiary/aromatic N) is 2. The van der Waals surface area contributed by atoms with Crippen LogP contribution in [0.3, 0.4) is 0 Å². The van der Waals surface area contributed by atoms with Crippen LogP contribution in [0.4, 0.5) is 5.69 Å². The van der Waals surface area contributed by atoms with E-state index in [0.717, 1.165) is 21.5 Å². The van der Waals surface area contributed by atoms with Crippen molar-refractivity contribution < 1.29 is 17.9 Å². The van der Waals surface area contributed by atoms with Crippen LogP contribution in [-0.2, 0) is 10.0 Å². The Morgan fingerprint density at radius 2 is 1.83 bits per heavy atom. The lowest BCUT2D eigenvalue weighted by Gasteiger charge is -2.12. The number of carbonyl (C=O) groups excluding carboxylic acids is 1. The van der Waals surface area contributed by atoms with Crippen LogP contribution in [0.2, 0.25) is 0 Å². The van der Waals surface area contributed by atoms with Gasteiger partial charge in [0.1, 0.15) is 5.75 Å². The number of carbonyl (C=O) groups is 1. The molecule has 0 saturated heterocycles. The average Bonchev–Trinajstić information content (AvgIpc) is 2.94. The number of aromatic nitrogens is 2. The van der Waals surface area contributed by atoms with Crippen molar-refractivity contribution in [2.24, 2.45) is 5.14 Å². The summed E-state index contributed by atoms with van der Waals surface area (Å²) in [6, 6.07) is 10.9. The molecule has 0 aliphatic rings. The number of nitrogens with one attached hydrogen (secondary N) is 1. The second-order valence-corrected chi connectivity index (χ2v) is 8.66. The number of amides is 1. The molecular weight excluding hydrogens is 460 g/mol. The molecule has 0 bridgehead atoms. The predicted octanol–water partition coefficient (Wildman–Crippen LogP) is 3.16. The maximum absolute atomic E-state index is 12.6. The van der Waals surface area contributed by atoms with Crippen molar-refractivity contribution in [3.8, 4) is 11.4 Å². The zero-order valence-electron chi connectivity index (χ0n) is 15.9. The maximum atomic E-state index is 12.6. The van der Waals surface area contributed by atoms with Crippen LogP contribution in [0.25, 0.3) is 5.69 Å². The molecule has 0 spiro atoms. The summed E-state index contributed by atoms with van der Waals surface area (Å²) in [5, 5.41) is 12.3. The first-order chi connectivity index (χ1) is 13.6. The summed E-state index contributed by atoms with van der Waals surface area (Å²) in [5.41, 5.74) is 3.21. The molecule has 0 radical (unpaired) electrons. The summed E-state index contributed by atoms with van der Waals surface area (Å²) in [7, 11) is -2.49. The Hall–Kier alpha value is -2.69. The molecule has 0 aliphatic heterocycles. The number of halogens is 1. The molecule has 1 amide bonds. The van der Waals surface area contributed by atoms with Gasteiger partial charge in [-0.2, -0.15) is 5.10 Å². The van der Waals surface area contributed by atoms with Gasteiger partial charge in [0, 0.05) is 5.56 Å². The number of rotatable bonds is 5. The third-order valence-corrected chi connectivity index (χ3v) is 6.38. The number of methoxy groups -OCH3 is 1. The molecule has 0 aliphatic carbocycles. The standard InChI is InChI=1S/C19H19BrN4O4S/c1-11-18(20)12(2)24(23-11)14-6-4-13(5-7-14)19(25)22-16-10-15(29(21,26)27)8-9-17(16)28-3/h4-10H,1-3H3,(H,22,25)(H2,21,26,27). The number of sulfonamides is 1. The zero-order chi connectivity index (χ0) is 21.3. The van der Waals surface area contributed by atoms with Crippen molar-refractivity contribution in [2.45, 2.75) is 18.7 Å². The first-order valence-corrected chi connectivity index (χ1v) is 10.8. The second-order valence-electron chi connectivity index (χ2n) is 6.30. The van der Waals surface area contributed by atoms with Gasteiger partial charge in [-0.3, -0.25) is 4.79 Å². The van der Waals surface area contributed by atoms with Gasteiger partial charge in [0.25, 0.3) is 5.91 Å². The highest BCUT2D eigenvalue weighted by molar-refractivity contribution is 9.10. The number of ether oxygens (including phenoxy) is 1. The molecule has 1 heterocycles. The molecule has 0 unspecified atom stereocenters. The molecule has 0 fully saturated rings. The molecule has 8 nitrogen and oxygen atoms in total. The Kier molecular flexibility index (Phi) is 5.78. The predicted molar refractivity (Wildman–Crippen MR) is 113 cm³/mol. The lowest BCUT2D eigenvalue weighted by Crippen LogP contribution is -2.15. The van der Waals surface area contributed by atoms with Gasteiger partial charge < -0.3 is 10.1 Å². The molecule has 1 aromatic heterocycles. The minimum Gasteiger partial charge on any atom is -0.495 e. The molecule has 29 heavy (non-hydrogen) atoms. The Bertz CT molecular complexity index is 1190. The number of hydrogen-bond donors (Lipinski definition) is 2. The van der Waals surface area contributed by atoms with Gasteiger partial charge in [-0.05, 0) is 72.2 Å². The fourth-order valence-electron chi connectivity index (χ4n) is 2.79. The van der Waals surface area contributed by atoms with Crippen molar-refractivity contribution in [2.75, 3.05) is 12.4 Å². The highest BCUT2D eigenvalue weighted by atomic mass is 79.9. The van der Waals surface area contributed by atoms with E-state index in [2.05, 4.69) is 26.3 Å². The number of hydrogen-bond acceptors (Lipinski definition) is 5. The Balaban J connectivity index is 1.87. The summed E-state index contributed by atoms with van der Waals surface area (Å²) in [4.78, 5) is 12.5. The number of nitrogens with two attached hydrogens (primary N) is 1. The lowest BCUT2D eigenvalue weighted by atomic mass is 10.2. The van der Waals surface area contributed by atoms with Gasteiger partial charge in [0.05, 0.1) is 39.2 Å². The summed E-state index contributed by atoms with van der Waals surface area (Å²) in [6.07, 6.45) is 0. The van der Waals surface area contributed by atoms with E-state index >= 15 is 0 Å². The van der Waals surface area contributed by atoms with E-state index in [1.165, 1.54) is 25.3 Å². The van der Waals surface area contributed by atoms with Gasteiger partial charge in [0.15, 0.2) is 0 Å². The normalized spacial score (nSPS) is 11.3. The summed E-state index contributed by atoms with van der Waals surface area (Å²) in [6.45, 7) is 3.84. The molecule has 10 heteroatoms. The third-order valence-electron chi connectivity index (χ3n) is 4.32. The summed E-state index contributed by atoms with van der Waals surface area (Å²) < 4.78 is 31.1. The fourth-order valence-corrected chi connectivity index (χ4v) is 3.57. The smallest absolute Gasteiger partial charge is 0.255 e. The van der Waals surface area contributed by atoms with Crippen LogP contribution in [0.5, 0.6) is 5.75 Å². The minimum absolute atomic E-state index is 0.126. The maximum Gasteiger partial charge on any atom is 0.255 e. The Morgan fingerprint density at radius 1 is 1.17 bits per heavy atom. The van der Waals surface area contributed by atoms with Crippen LogP contribution in [-0.4, -0.2) is 31.2 Å². The van der Waals surface area contributed by atoms with Crippen molar-refractivity contribution in [1.82, 2.24) is 9.78 Å². The summed E-state index contributed by atoms with van der Waals surface area (Å²) >= 11 is 3.49. The molecule has 152 valence electrons. The van der Waals surface area contributed by atoms with Crippen LogP contribution in [0.15, 0.2) is 51.8 Å². The third kappa shape index (κ3) is 4.34. The van der Waals surface area contributed by atoms with Crippen molar-refractivity contribution in [1.29, 1.82) is 0 Å². The van der Waals surface area contributed by atoms with E-state index in [-0.39, 0.29) is 10.6 Å². The minimum atomic E-state index is -3.91. The van der Waals surface area contributed by atoms with E-state index in [9.17, 15) is 13.2 Å². The molecule has 3 aromatic rings. The van der Waals surface area contributed by atoms with Crippen LogP contribution < -0.4 is 15.2 Å². The van der Waals surface area contributed by atoms with Gasteiger partial charge in [-0.15, -0.1) is 0 Å². The number of benzene rings is 2. The zero-order valence-corrected chi connectivity index (χ0v) is 18.3. The van der Waals surface area contributed by atoms with E-state index < -0.39 is 15.9 Å². The monoisotopic (exact) mass is 478 g/mol. The van der Waals surface area contributed by atoms with E-state index in [4.69, 9.17) is 9.88 Å². The van der Waals surface area contributed by atoms with Gasteiger partial charge in [-0.1, -0.05) is 0 Å². The van der Waals surface area contributed by atoms with E-state index in [1.807, 2.05) is 13.8 Å². The Labute approximate surface area is 176 Å². The van der Waals surface area contributed by atoms with Gasteiger partial charge >= 0.3 is 0 Å². The SMILES string of the molecule is COc1ccc(S(N)(=O)=O)cc1NC(=O)c1ccc(-n2nc(C)c(Br)c2C)cc1. The Morgan fingerprint density at radius 3 is 2.34 bits per heavy atom. The summed E-state index contributed by atoms with van der Waals surface area (Å²) in [5.74, 6) is -0.106. The molecular formula is C19H19BrN4O4S. The fraction of sp³-hybridized carbons (Fsp3) is 0.158. The van der Waals surface area contributed by atoms with Crippen LogP contribution >= 0.6 is 15.9 Å². The largest absolute Gasteiger partial charge is 0.495 e. The lowest BCUT2D eigenvalue weighted by molar-refractivity contribution is 0.102. The van der Waals surface area contributed by atoms with Crippen molar-refractivity contribution >= 4 is 37.5 Å². The van der Waals surface area contributed by atoms with Crippen molar-refractivity contribution in [3.05, 3.63) is 63.9 Å². The van der Waals surface area contributed by atoms with Crippen LogP contribution in [0, 0.1) is 13.8 Å². The molecule has 0 saturated carbocycles. The molecule has 0 atom stereocenters. The van der Waals surface area contributed by atoms with E-state index in [1.54, 1.807) is 28.9 Å². The molecule has 2 aromatic carbocycles. The molecule has 3 rings (SSSR count). The number of aryl methyl sites for hydroxylation is 1. The number of anilines is 1. The molecule has 3 N–H and O–H groups in total. The average molecular weight is 479 g/mol. The van der Waals surface area contributed by atoms with Crippen molar-refractivity contribution in [3.63, 3.8) is 0 Å². The highest BCUT2D eigenvalue weighted by Crippen LogP contribution is 2.28. The quantitative estimate of drug-likeness (QED) is 0.583. The van der Waals surface area contributed by atoms with Crippen LogP contribution in [0.1, 0.15) is 21.7 Å².